The number of esters is 1. The molecule has 7 nitrogen and oxygen atoms in total. The van der Waals surface area contributed by atoms with Crippen LogP contribution in [0.15, 0.2) is 36.4 Å². The summed E-state index contributed by atoms with van der Waals surface area (Å²) in [4.78, 5) is 11.7. The molecular formula is C15H12F2N4O3. The van der Waals surface area contributed by atoms with Crippen molar-refractivity contribution in [1.29, 1.82) is 0 Å². The van der Waals surface area contributed by atoms with Crippen molar-refractivity contribution in [3.63, 3.8) is 0 Å². The van der Waals surface area contributed by atoms with Gasteiger partial charge in [-0.25, -0.2) is 13.6 Å². The predicted octanol–water partition coefficient (Wildman–Crippen LogP) is 3.03. The standard InChI is InChI=1S/C15H12F2N4O3/c1-2-23-15(22)9-4-3-5-10(8-9)24-12-7-6-11-18-19-14(13(16)17)21(11)20-12/h3-8,13H,2H2,1H3. The number of benzene rings is 1. The van der Waals surface area contributed by atoms with Crippen LogP contribution in [0.5, 0.6) is 11.6 Å². The van der Waals surface area contributed by atoms with Crippen LogP contribution in [0.25, 0.3) is 5.65 Å². The lowest BCUT2D eigenvalue weighted by molar-refractivity contribution is 0.0526. The maximum atomic E-state index is 12.8. The maximum absolute atomic E-state index is 12.8. The lowest BCUT2D eigenvalue weighted by Gasteiger charge is -2.07. The minimum absolute atomic E-state index is 0.0604. The number of aromatic nitrogens is 4. The summed E-state index contributed by atoms with van der Waals surface area (Å²) >= 11 is 0. The zero-order valence-electron chi connectivity index (χ0n) is 12.5. The Balaban J connectivity index is 1.88. The highest BCUT2D eigenvalue weighted by atomic mass is 19.3. The summed E-state index contributed by atoms with van der Waals surface area (Å²) in [6.07, 6.45) is -2.81. The minimum Gasteiger partial charge on any atom is -0.462 e. The van der Waals surface area contributed by atoms with E-state index in [0.29, 0.717) is 11.3 Å². The number of carbonyl (C=O) groups excluding carboxylic acids is 1. The average Bonchev–Trinajstić information content (AvgIpc) is 2.99. The topological polar surface area (TPSA) is 78.6 Å². The summed E-state index contributed by atoms with van der Waals surface area (Å²) in [5.74, 6) is -0.676. The number of nitrogens with zero attached hydrogens (tertiary/aromatic N) is 4. The molecule has 0 aliphatic carbocycles. The van der Waals surface area contributed by atoms with Gasteiger partial charge in [-0.2, -0.15) is 4.52 Å². The first kappa shape index (κ1) is 15.8. The highest BCUT2D eigenvalue weighted by molar-refractivity contribution is 5.89. The van der Waals surface area contributed by atoms with E-state index in [0.717, 1.165) is 4.52 Å². The van der Waals surface area contributed by atoms with Crippen molar-refractivity contribution in [3.8, 4) is 11.6 Å². The van der Waals surface area contributed by atoms with Gasteiger partial charge in [0.25, 0.3) is 6.43 Å². The summed E-state index contributed by atoms with van der Waals surface area (Å²) < 4.78 is 37.0. The molecule has 0 bridgehead atoms. The Morgan fingerprint density at radius 2 is 2.08 bits per heavy atom. The Kier molecular flexibility index (Phi) is 4.32. The van der Waals surface area contributed by atoms with E-state index >= 15 is 0 Å². The zero-order valence-corrected chi connectivity index (χ0v) is 12.5. The van der Waals surface area contributed by atoms with Crippen molar-refractivity contribution in [2.75, 3.05) is 6.61 Å². The van der Waals surface area contributed by atoms with Crippen LogP contribution in [0.2, 0.25) is 0 Å². The molecule has 0 fully saturated rings. The van der Waals surface area contributed by atoms with E-state index in [9.17, 15) is 13.6 Å². The molecule has 24 heavy (non-hydrogen) atoms. The quantitative estimate of drug-likeness (QED) is 0.667. The monoisotopic (exact) mass is 334 g/mol. The predicted molar refractivity (Wildman–Crippen MR) is 78.2 cm³/mol. The van der Waals surface area contributed by atoms with Gasteiger partial charge in [0.2, 0.25) is 11.7 Å². The lowest BCUT2D eigenvalue weighted by Crippen LogP contribution is -2.04. The van der Waals surface area contributed by atoms with Gasteiger partial charge >= 0.3 is 5.97 Å². The van der Waals surface area contributed by atoms with Gasteiger partial charge < -0.3 is 9.47 Å². The smallest absolute Gasteiger partial charge is 0.338 e. The molecule has 0 atom stereocenters. The number of hydrogen-bond donors (Lipinski definition) is 0. The van der Waals surface area contributed by atoms with Crippen LogP contribution < -0.4 is 4.74 Å². The zero-order chi connectivity index (χ0) is 17.1. The third-order valence-electron chi connectivity index (χ3n) is 3.03. The van der Waals surface area contributed by atoms with Crippen LogP contribution in [0.4, 0.5) is 8.78 Å². The van der Waals surface area contributed by atoms with Crippen molar-refractivity contribution < 1.29 is 23.0 Å². The molecule has 2 heterocycles. The third-order valence-corrected chi connectivity index (χ3v) is 3.03. The van der Waals surface area contributed by atoms with Crippen molar-refractivity contribution in [2.24, 2.45) is 0 Å². The van der Waals surface area contributed by atoms with E-state index in [-0.39, 0.29) is 18.1 Å². The molecule has 3 rings (SSSR count). The van der Waals surface area contributed by atoms with Crippen LogP contribution in [0.1, 0.15) is 29.5 Å². The van der Waals surface area contributed by atoms with Gasteiger partial charge in [0.15, 0.2) is 5.65 Å². The number of rotatable bonds is 5. The van der Waals surface area contributed by atoms with Gasteiger partial charge in [-0.1, -0.05) is 6.07 Å². The van der Waals surface area contributed by atoms with Crippen molar-refractivity contribution in [1.82, 2.24) is 19.8 Å². The largest absolute Gasteiger partial charge is 0.462 e. The summed E-state index contributed by atoms with van der Waals surface area (Å²) in [7, 11) is 0. The lowest BCUT2D eigenvalue weighted by atomic mass is 10.2. The van der Waals surface area contributed by atoms with Crippen molar-refractivity contribution in [2.45, 2.75) is 13.3 Å². The van der Waals surface area contributed by atoms with Gasteiger partial charge in [-0.15, -0.1) is 15.3 Å². The van der Waals surface area contributed by atoms with Crippen LogP contribution in [0, 0.1) is 0 Å². The second-order valence-electron chi connectivity index (χ2n) is 4.65. The summed E-state index contributed by atoms with van der Waals surface area (Å²) in [5.41, 5.74) is 0.492. The van der Waals surface area contributed by atoms with Crippen LogP contribution >= 0.6 is 0 Å². The number of ether oxygens (including phenoxy) is 2. The maximum Gasteiger partial charge on any atom is 0.338 e. The first-order chi connectivity index (χ1) is 11.6. The fourth-order valence-electron chi connectivity index (χ4n) is 2.00. The molecule has 9 heteroatoms. The summed E-state index contributed by atoms with van der Waals surface area (Å²) in [6, 6.07) is 9.20. The summed E-state index contributed by atoms with van der Waals surface area (Å²) in [5, 5.41) is 10.9. The molecule has 0 unspecified atom stereocenters. The number of alkyl halides is 2. The highest BCUT2D eigenvalue weighted by Gasteiger charge is 2.17. The molecule has 3 aromatic rings. The SMILES string of the molecule is CCOC(=O)c1cccc(Oc2ccc3nnc(C(F)F)n3n2)c1. The molecule has 0 spiro atoms. The average molecular weight is 334 g/mol. The van der Waals surface area contributed by atoms with E-state index < -0.39 is 18.2 Å². The van der Waals surface area contributed by atoms with E-state index in [1.807, 2.05) is 0 Å². The highest BCUT2D eigenvalue weighted by Crippen LogP contribution is 2.23. The Morgan fingerprint density at radius 3 is 2.83 bits per heavy atom. The van der Waals surface area contributed by atoms with Gasteiger partial charge in [-0.3, -0.25) is 0 Å². The fraction of sp³-hybridized carbons (Fsp3) is 0.200. The number of halogens is 2. The first-order valence-electron chi connectivity index (χ1n) is 7.04. The van der Waals surface area contributed by atoms with E-state index in [4.69, 9.17) is 9.47 Å². The second kappa shape index (κ2) is 6.57. The third kappa shape index (κ3) is 3.14. The molecule has 0 amide bonds. The Morgan fingerprint density at radius 1 is 1.25 bits per heavy atom. The number of carbonyl (C=O) groups is 1. The molecule has 0 aliphatic rings. The molecular weight excluding hydrogens is 322 g/mol. The number of fused-ring (bicyclic) bond motifs is 1. The van der Waals surface area contributed by atoms with E-state index in [1.165, 1.54) is 18.2 Å². The molecule has 2 aromatic heterocycles. The Labute approximate surface area is 134 Å². The van der Waals surface area contributed by atoms with Gasteiger partial charge in [0.05, 0.1) is 12.2 Å². The molecule has 0 saturated carbocycles. The first-order valence-corrected chi connectivity index (χ1v) is 7.04. The van der Waals surface area contributed by atoms with Crippen LogP contribution in [0.3, 0.4) is 0 Å². The molecule has 0 aliphatic heterocycles. The van der Waals surface area contributed by atoms with E-state index in [1.54, 1.807) is 25.1 Å². The van der Waals surface area contributed by atoms with Crippen LogP contribution in [-0.2, 0) is 4.74 Å². The molecule has 1 aromatic carbocycles. The van der Waals surface area contributed by atoms with E-state index in [2.05, 4.69) is 15.3 Å². The van der Waals surface area contributed by atoms with Gasteiger partial charge in [0, 0.05) is 6.07 Å². The summed E-state index contributed by atoms with van der Waals surface area (Å²) in [6.45, 7) is 1.96. The molecule has 124 valence electrons. The Bertz CT molecular complexity index is 882. The normalized spacial score (nSPS) is 11.0. The molecule has 0 N–H and O–H groups in total. The molecule has 0 radical (unpaired) electrons. The molecule has 0 saturated heterocycles. The Hall–Kier alpha value is -3.10. The minimum atomic E-state index is -2.81. The fourth-order valence-corrected chi connectivity index (χ4v) is 2.00. The van der Waals surface area contributed by atoms with Gasteiger partial charge in [0.1, 0.15) is 5.75 Å². The van der Waals surface area contributed by atoms with Crippen molar-refractivity contribution >= 4 is 11.6 Å². The second-order valence-corrected chi connectivity index (χ2v) is 4.65. The number of hydrogen-bond acceptors (Lipinski definition) is 6. The van der Waals surface area contributed by atoms with Crippen LogP contribution in [-0.4, -0.2) is 32.4 Å². The van der Waals surface area contributed by atoms with Crippen molar-refractivity contribution in [3.05, 3.63) is 47.8 Å². The van der Waals surface area contributed by atoms with Gasteiger partial charge in [-0.05, 0) is 31.2 Å².